The molecule has 0 N–H and O–H groups in total. The second kappa shape index (κ2) is 5.67. The highest BCUT2D eigenvalue weighted by molar-refractivity contribution is 7.83. The predicted molar refractivity (Wildman–Crippen MR) is 56.0 cm³/mol. The summed E-state index contributed by atoms with van der Waals surface area (Å²) in [6.07, 6.45) is 0.904. The number of esters is 1. The molecule has 1 unspecified atom stereocenters. The van der Waals surface area contributed by atoms with Crippen LogP contribution >= 0.6 is 12.6 Å². The predicted octanol–water partition coefficient (Wildman–Crippen LogP) is 1.24. The fourth-order valence-electron chi connectivity index (χ4n) is 0.447. The van der Waals surface area contributed by atoms with E-state index in [1.165, 1.54) is 7.11 Å². The Balaban J connectivity index is 3.82. The molecule has 0 saturated carbocycles. The Bertz CT molecular complexity index is 173. The molecule has 0 amide bonds. The van der Waals surface area contributed by atoms with E-state index in [0.717, 1.165) is 6.42 Å². The van der Waals surface area contributed by atoms with Gasteiger partial charge in [0.25, 0.3) is 9.76 Å². The van der Waals surface area contributed by atoms with E-state index in [-0.39, 0.29) is 21.3 Å². The van der Waals surface area contributed by atoms with Crippen molar-refractivity contribution in [1.29, 1.82) is 0 Å². The first kappa shape index (κ1) is 13.0. The summed E-state index contributed by atoms with van der Waals surface area (Å²) >= 11 is 4.07. The first-order valence-electron chi connectivity index (χ1n) is 4.12. The molecule has 2 radical (unpaired) electrons. The summed E-state index contributed by atoms with van der Waals surface area (Å²) in [6, 6.07) is 0. The van der Waals surface area contributed by atoms with Crippen molar-refractivity contribution in [1.82, 2.24) is 0 Å². The zero-order chi connectivity index (χ0) is 10.5. The van der Waals surface area contributed by atoms with Gasteiger partial charge in [-0.1, -0.05) is 6.92 Å². The molecule has 0 bridgehead atoms. The second-order valence-electron chi connectivity index (χ2n) is 3.26. The van der Waals surface area contributed by atoms with Crippen molar-refractivity contribution < 1.29 is 14.0 Å². The molecule has 0 aliphatic rings. The van der Waals surface area contributed by atoms with Gasteiger partial charge in [-0.2, -0.15) is 12.6 Å². The summed E-state index contributed by atoms with van der Waals surface area (Å²) < 4.78 is 10.0. The van der Waals surface area contributed by atoms with Crippen molar-refractivity contribution in [2.45, 2.75) is 37.7 Å². The fourth-order valence-corrected chi connectivity index (χ4v) is 1.50. The van der Waals surface area contributed by atoms with Crippen molar-refractivity contribution in [3.8, 4) is 0 Å². The lowest BCUT2D eigenvalue weighted by Gasteiger charge is -2.24. The van der Waals surface area contributed by atoms with Crippen LogP contribution in [0.5, 0.6) is 0 Å². The minimum absolute atomic E-state index is 0.0410. The number of hydrogen-bond donors (Lipinski definition) is 1. The minimum atomic E-state index is -0.462. The topological polar surface area (TPSA) is 35.5 Å². The smallest absolute Gasteiger partial charge is 0.317 e. The molecule has 1 atom stereocenters. The molecule has 0 spiro atoms. The normalized spacial score (nSPS) is 13.9. The molecule has 0 aromatic carbocycles. The van der Waals surface area contributed by atoms with Gasteiger partial charge in [0.2, 0.25) is 0 Å². The Morgan fingerprint density at radius 1 is 1.62 bits per heavy atom. The van der Waals surface area contributed by atoms with E-state index >= 15 is 0 Å². The van der Waals surface area contributed by atoms with Crippen LogP contribution in [0.25, 0.3) is 0 Å². The molecule has 0 aliphatic carbocycles. The third-order valence-electron chi connectivity index (χ3n) is 1.72. The zero-order valence-corrected chi connectivity index (χ0v) is 10.4. The Morgan fingerprint density at radius 3 is 2.54 bits per heavy atom. The lowest BCUT2D eigenvalue weighted by Crippen LogP contribution is -2.33. The largest absolute Gasteiger partial charge is 0.468 e. The fraction of sp³-hybridized carbons (Fsp3) is 0.875. The number of ether oxygens (including phenoxy) is 1. The molecule has 3 nitrogen and oxygen atoms in total. The van der Waals surface area contributed by atoms with Crippen molar-refractivity contribution in [3.05, 3.63) is 0 Å². The van der Waals surface area contributed by atoms with E-state index in [9.17, 15) is 4.79 Å². The van der Waals surface area contributed by atoms with E-state index in [0.29, 0.717) is 0 Å². The van der Waals surface area contributed by atoms with E-state index in [1.807, 2.05) is 20.8 Å². The molecule has 0 aromatic rings. The van der Waals surface area contributed by atoms with Gasteiger partial charge in [-0.25, -0.2) is 0 Å². The van der Waals surface area contributed by atoms with Crippen molar-refractivity contribution in [2.75, 3.05) is 7.11 Å². The number of rotatable bonds is 5. The van der Waals surface area contributed by atoms with Crippen molar-refractivity contribution in [2.24, 2.45) is 0 Å². The van der Waals surface area contributed by atoms with E-state index < -0.39 is 4.87 Å². The first-order valence-corrected chi connectivity index (χ1v) is 5.62. The quantitative estimate of drug-likeness (QED) is 0.430. The van der Waals surface area contributed by atoms with Gasteiger partial charge < -0.3 is 9.16 Å². The Morgan fingerprint density at radius 2 is 2.15 bits per heavy atom. The highest BCUT2D eigenvalue weighted by atomic mass is 32.1. The summed E-state index contributed by atoms with van der Waals surface area (Å²) in [5, 5.41) is 0. The molecule has 0 fully saturated rings. The molecule has 5 heteroatoms. The summed E-state index contributed by atoms with van der Waals surface area (Å²) in [7, 11) is 1.39. The van der Waals surface area contributed by atoms with Gasteiger partial charge in [0.1, 0.15) is 4.87 Å². The van der Waals surface area contributed by atoms with Gasteiger partial charge in [0.05, 0.1) is 12.7 Å². The SMILES string of the molecule is CCC(C)(C)O[Si]C(S)C(=O)OC. The maximum absolute atomic E-state index is 10.9. The van der Waals surface area contributed by atoms with Gasteiger partial charge in [-0.05, 0) is 20.3 Å². The van der Waals surface area contributed by atoms with E-state index in [4.69, 9.17) is 4.43 Å². The number of carbonyl (C=O) groups excluding carboxylic acids is 1. The van der Waals surface area contributed by atoms with E-state index in [2.05, 4.69) is 17.4 Å². The van der Waals surface area contributed by atoms with Gasteiger partial charge >= 0.3 is 5.97 Å². The van der Waals surface area contributed by atoms with Crippen LogP contribution in [0.15, 0.2) is 0 Å². The molecule has 0 saturated heterocycles. The first-order chi connectivity index (χ1) is 5.93. The Hall–Kier alpha value is -0.00312. The third kappa shape index (κ3) is 5.33. The third-order valence-corrected chi connectivity index (χ3v) is 3.38. The van der Waals surface area contributed by atoms with Gasteiger partial charge in [0, 0.05) is 0 Å². The Labute approximate surface area is 87.5 Å². The van der Waals surface area contributed by atoms with Crippen LogP contribution in [0.1, 0.15) is 27.2 Å². The highest BCUT2D eigenvalue weighted by Crippen LogP contribution is 2.13. The average Bonchev–Trinajstić information content (AvgIpc) is 2.13. The lowest BCUT2D eigenvalue weighted by atomic mass is 10.1. The number of carbonyl (C=O) groups is 1. The monoisotopic (exact) mass is 220 g/mol. The van der Waals surface area contributed by atoms with Gasteiger partial charge in [-0.3, -0.25) is 4.79 Å². The molecule has 13 heavy (non-hydrogen) atoms. The molecule has 0 rings (SSSR count). The minimum Gasteiger partial charge on any atom is -0.468 e. The summed E-state index contributed by atoms with van der Waals surface area (Å²) in [4.78, 5) is 10.5. The molecule has 0 heterocycles. The highest BCUT2D eigenvalue weighted by Gasteiger charge is 2.22. The molecular weight excluding hydrogens is 204 g/mol. The van der Waals surface area contributed by atoms with Crippen LogP contribution in [0.4, 0.5) is 0 Å². The molecule has 76 valence electrons. The van der Waals surface area contributed by atoms with Gasteiger partial charge in [-0.15, -0.1) is 0 Å². The number of thiol groups is 1. The van der Waals surface area contributed by atoms with Gasteiger partial charge in [0.15, 0.2) is 0 Å². The molecule has 0 aliphatic heterocycles. The summed E-state index contributed by atoms with van der Waals surface area (Å²) in [5.74, 6) is -0.339. The maximum atomic E-state index is 10.9. The van der Waals surface area contributed by atoms with Crippen molar-refractivity contribution in [3.63, 3.8) is 0 Å². The molecule has 0 aromatic heterocycles. The Kier molecular flexibility index (Phi) is 5.67. The van der Waals surface area contributed by atoms with E-state index in [1.54, 1.807) is 0 Å². The average molecular weight is 220 g/mol. The molecular formula is C8H16O3SSi. The van der Waals surface area contributed by atoms with Crippen LogP contribution in [0, 0.1) is 0 Å². The standard InChI is InChI=1S/C8H16O3SSi/c1-5-8(2,3)11-13-7(12)6(9)10-4/h7,12H,5H2,1-4H3. The second-order valence-corrected chi connectivity index (χ2v) is 5.28. The number of methoxy groups -OCH3 is 1. The van der Waals surface area contributed by atoms with Crippen LogP contribution in [0.3, 0.4) is 0 Å². The van der Waals surface area contributed by atoms with Crippen LogP contribution in [0.2, 0.25) is 0 Å². The van der Waals surface area contributed by atoms with Crippen LogP contribution < -0.4 is 0 Å². The zero-order valence-electron chi connectivity index (χ0n) is 8.46. The summed E-state index contributed by atoms with van der Waals surface area (Å²) in [5.41, 5.74) is -0.187. The van der Waals surface area contributed by atoms with Crippen molar-refractivity contribution >= 4 is 28.4 Å². The van der Waals surface area contributed by atoms with Crippen LogP contribution in [-0.2, 0) is 14.0 Å². The summed E-state index contributed by atoms with van der Waals surface area (Å²) in [6.45, 7) is 6.01. The number of hydrogen-bond acceptors (Lipinski definition) is 4. The lowest BCUT2D eigenvalue weighted by molar-refractivity contribution is -0.138. The van der Waals surface area contributed by atoms with Crippen LogP contribution in [-0.4, -0.2) is 33.3 Å². The maximum Gasteiger partial charge on any atom is 0.317 e.